The molecular weight excluding hydrogens is 250 g/mol. The van der Waals surface area contributed by atoms with Gasteiger partial charge >= 0.3 is 0 Å². The Hall–Kier alpha value is -1.20. The molecule has 4 nitrogen and oxygen atoms in total. The molecule has 0 heterocycles. The summed E-state index contributed by atoms with van der Waals surface area (Å²) >= 11 is 0. The molecule has 1 aromatic rings. The topological polar surface area (TPSA) is 77.2 Å². The van der Waals surface area contributed by atoms with Crippen molar-refractivity contribution in [3.05, 3.63) is 35.4 Å². The molecule has 18 heavy (non-hydrogen) atoms. The van der Waals surface area contributed by atoms with Crippen molar-refractivity contribution < 1.29 is 13.2 Å². The van der Waals surface area contributed by atoms with Crippen molar-refractivity contribution in [2.75, 3.05) is 18.6 Å². The van der Waals surface area contributed by atoms with E-state index in [1.807, 2.05) is 12.1 Å². The number of hydrogen-bond donors (Lipinski definition) is 1. The van der Waals surface area contributed by atoms with Crippen LogP contribution < -0.4 is 5.73 Å². The predicted octanol–water partition coefficient (Wildman–Crippen LogP) is 0.904. The van der Waals surface area contributed by atoms with E-state index in [0.29, 0.717) is 5.56 Å². The van der Waals surface area contributed by atoms with Gasteiger partial charge in [-0.05, 0) is 18.4 Å². The minimum Gasteiger partial charge on any atom is -0.324 e. The van der Waals surface area contributed by atoms with E-state index in [1.165, 1.54) is 6.26 Å². The number of ketones is 1. The Morgan fingerprint density at radius 1 is 1.28 bits per heavy atom. The van der Waals surface area contributed by atoms with Crippen LogP contribution in [0.4, 0.5) is 0 Å². The maximum absolute atomic E-state index is 11.4. The number of carbonyl (C=O) groups excluding carboxylic acids is 1. The fourth-order valence-electron chi connectivity index (χ4n) is 2.30. The van der Waals surface area contributed by atoms with Crippen LogP contribution in [0.15, 0.2) is 24.3 Å². The van der Waals surface area contributed by atoms with Gasteiger partial charge in [0.2, 0.25) is 0 Å². The Bertz CT molecular complexity index is 556. The normalized spacial score (nSPS) is 17.4. The molecule has 0 atom stereocenters. The summed E-state index contributed by atoms with van der Waals surface area (Å²) in [4.78, 5) is 11.4. The maximum Gasteiger partial charge on any atom is 0.176 e. The summed E-state index contributed by atoms with van der Waals surface area (Å²) in [6, 6.07) is 7.15. The number of Topliss-reactive ketones (excluding diaryl/α,β-unsaturated/α-hetero) is 1. The van der Waals surface area contributed by atoms with Gasteiger partial charge in [-0.2, -0.15) is 0 Å². The highest BCUT2D eigenvalue weighted by molar-refractivity contribution is 7.90. The average Bonchev–Trinajstić information content (AvgIpc) is 3.07. The fourth-order valence-corrected chi connectivity index (χ4v) is 3.76. The Kier molecular flexibility index (Phi) is 3.29. The summed E-state index contributed by atoms with van der Waals surface area (Å²) in [5.41, 5.74) is 6.65. The molecule has 0 aliphatic heterocycles. The largest absolute Gasteiger partial charge is 0.324 e. The lowest BCUT2D eigenvalue weighted by Crippen LogP contribution is -2.20. The second-order valence-electron chi connectivity index (χ2n) is 5.06. The van der Waals surface area contributed by atoms with Gasteiger partial charge in [0.1, 0.15) is 9.84 Å². The fraction of sp³-hybridized carbons (Fsp3) is 0.462. The van der Waals surface area contributed by atoms with Gasteiger partial charge in [-0.15, -0.1) is 0 Å². The minimum absolute atomic E-state index is 0.00612. The molecule has 0 bridgehead atoms. The SMILES string of the molecule is CS(=O)(=O)CC1(c2ccc(C(=O)CN)cc2)CC1. The zero-order valence-electron chi connectivity index (χ0n) is 10.3. The van der Waals surface area contributed by atoms with Crippen molar-refractivity contribution >= 4 is 15.6 Å². The summed E-state index contributed by atoms with van der Waals surface area (Å²) in [7, 11) is -2.99. The lowest BCUT2D eigenvalue weighted by molar-refractivity contribution is 0.100. The smallest absolute Gasteiger partial charge is 0.176 e. The number of benzene rings is 1. The molecule has 1 saturated carbocycles. The second-order valence-corrected chi connectivity index (χ2v) is 7.20. The van der Waals surface area contributed by atoms with Gasteiger partial charge in [0.15, 0.2) is 5.78 Å². The quantitative estimate of drug-likeness (QED) is 0.804. The molecule has 0 spiro atoms. The highest BCUT2D eigenvalue weighted by atomic mass is 32.2. The van der Waals surface area contributed by atoms with Gasteiger partial charge in [-0.3, -0.25) is 4.79 Å². The zero-order valence-corrected chi connectivity index (χ0v) is 11.2. The van der Waals surface area contributed by atoms with Gasteiger partial charge in [-0.1, -0.05) is 24.3 Å². The van der Waals surface area contributed by atoms with Crippen molar-refractivity contribution in [3.8, 4) is 0 Å². The lowest BCUT2D eigenvalue weighted by atomic mass is 9.96. The predicted molar refractivity (Wildman–Crippen MR) is 70.4 cm³/mol. The molecule has 98 valence electrons. The van der Waals surface area contributed by atoms with E-state index in [1.54, 1.807) is 12.1 Å². The summed E-state index contributed by atoms with van der Waals surface area (Å²) in [5, 5.41) is 0. The van der Waals surface area contributed by atoms with Crippen LogP contribution in [0.2, 0.25) is 0 Å². The van der Waals surface area contributed by atoms with E-state index < -0.39 is 9.84 Å². The first-order valence-corrected chi connectivity index (χ1v) is 7.94. The Morgan fingerprint density at radius 3 is 2.22 bits per heavy atom. The van der Waals surface area contributed by atoms with Gasteiger partial charge in [-0.25, -0.2) is 8.42 Å². The maximum atomic E-state index is 11.4. The molecule has 0 amide bonds. The van der Waals surface area contributed by atoms with Crippen LogP contribution in [0.1, 0.15) is 28.8 Å². The van der Waals surface area contributed by atoms with Crippen LogP contribution >= 0.6 is 0 Å². The van der Waals surface area contributed by atoms with E-state index in [4.69, 9.17) is 5.73 Å². The van der Waals surface area contributed by atoms with E-state index in [2.05, 4.69) is 0 Å². The van der Waals surface area contributed by atoms with Crippen LogP contribution in [0.5, 0.6) is 0 Å². The van der Waals surface area contributed by atoms with Crippen molar-refractivity contribution in [2.24, 2.45) is 5.73 Å². The van der Waals surface area contributed by atoms with Crippen LogP contribution in [0, 0.1) is 0 Å². The summed E-state index contributed by atoms with van der Waals surface area (Å²) in [6.45, 7) is -0.00612. The van der Waals surface area contributed by atoms with Crippen LogP contribution in [0.3, 0.4) is 0 Å². The molecule has 2 rings (SSSR count). The molecule has 0 radical (unpaired) electrons. The highest BCUT2D eigenvalue weighted by Gasteiger charge is 2.46. The third-order valence-electron chi connectivity index (χ3n) is 3.40. The lowest BCUT2D eigenvalue weighted by Gasteiger charge is -2.14. The van der Waals surface area contributed by atoms with Gasteiger partial charge in [0.25, 0.3) is 0 Å². The third-order valence-corrected chi connectivity index (χ3v) is 4.47. The molecule has 1 aliphatic rings. The van der Waals surface area contributed by atoms with Crippen molar-refractivity contribution in [2.45, 2.75) is 18.3 Å². The second kappa shape index (κ2) is 4.48. The highest BCUT2D eigenvalue weighted by Crippen LogP contribution is 2.49. The molecule has 5 heteroatoms. The summed E-state index contributed by atoms with van der Waals surface area (Å²) in [5.74, 6) is 0.0824. The Morgan fingerprint density at radius 2 is 1.83 bits per heavy atom. The Labute approximate surface area is 107 Å². The van der Waals surface area contributed by atoms with E-state index >= 15 is 0 Å². The van der Waals surface area contributed by atoms with Crippen LogP contribution in [-0.2, 0) is 15.3 Å². The van der Waals surface area contributed by atoms with Crippen molar-refractivity contribution in [1.82, 2.24) is 0 Å². The van der Waals surface area contributed by atoms with E-state index in [-0.39, 0.29) is 23.5 Å². The third kappa shape index (κ3) is 2.79. The monoisotopic (exact) mass is 267 g/mol. The zero-order chi connectivity index (χ0) is 13.4. The minimum atomic E-state index is -2.99. The molecular formula is C13H17NO3S. The summed E-state index contributed by atoms with van der Waals surface area (Å²) in [6.07, 6.45) is 3.05. The first kappa shape index (κ1) is 13.2. The molecule has 1 aliphatic carbocycles. The van der Waals surface area contributed by atoms with Gasteiger partial charge in [0.05, 0.1) is 12.3 Å². The van der Waals surface area contributed by atoms with Crippen LogP contribution in [-0.4, -0.2) is 32.8 Å². The van der Waals surface area contributed by atoms with Gasteiger partial charge < -0.3 is 5.73 Å². The molecule has 0 aromatic heterocycles. The number of nitrogens with two attached hydrogens (primary N) is 1. The first-order chi connectivity index (χ1) is 8.36. The summed E-state index contributed by atoms with van der Waals surface area (Å²) < 4.78 is 22.8. The molecule has 1 fully saturated rings. The number of carbonyl (C=O) groups is 1. The molecule has 0 saturated heterocycles. The van der Waals surface area contributed by atoms with E-state index in [0.717, 1.165) is 18.4 Å². The molecule has 1 aromatic carbocycles. The number of hydrogen-bond acceptors (Lipinski definition) is 4. The number of rotatable bonds is 5. The molecule has 0 unspecified atom stereocenters. The van der Waals surface area contributed by atoms with E-state index in [9.17, 15) is 13.2 Å². The number of sulfone groups is 1. The van der Waals surface area contributed by atoms with Crippen molar-refractivity contribution in [3.63, 3.8) is 0 Å². The first-order valence-electron chi connectivity index (χ1n) is 5.88. The van der Waals surface area contributed by atoms with Gasteiger partial charge in [0, 0.05) is 17.2 Å². The van der Waals surface area contributed by atoms with Crippen molar-refractivity contribution in [1.29, 1.82) is 0 Å². The Balaban J connectivity index is 2.22. The van der Waals surface area contributed by atoms with Crippen LogP contribution in [0.25, 0.3) is 0 Å². The average molecular weight is 267 g/mol. The standard InChI is InChI=1S/C13H17NO3S/c1-18(16,17)9-13(6-7-13)11-4-2-10(3-5-11)12(15)8-14/h2-5H,6-9,14H2,1H3. The molecule has 2 N–H and O–H groups in total.